The van der Waals surface area contributed by atoms with E-state index < -0.39 is 17.9 Å². The van der Waals surface area contributed by atoms with Gasteiger partial charge in [-0.1, -0.05) is 12.1 Å². The van der Waals surface area contributed by atoms with Crippen LogP contribution in [0.15, 0.2) is 29.3 Å². The van der Waals surface area contributed by atoms with Gasteiger partial charge in [0.2, 0.25) is 0 Å². The van der Waals surface area contributed by atoms with Crippen LogP contribution in [0.3, 0.4) is 0 Å². The molecule has 1 aromatic carbocycles. The Kier molecular flexibility index (Phi) is 11.9. The molecule has 0 spiro atoms. The molecule has 1 heterocycles. The molecule has 0 radical (unpaired) electrons. The van der Waals surface area contributed by atoms with E-state index in [-0.39, 0.29) is 25.7 Å². The zero-order valence-electron chi connectivity index (χ0n) is 19.9. The zero-order valence-corrected chi connectivity index (χ0v) is 20.7. The third-order valence-electron chi connectivity index (χ3n) is 5.92. The Morgan fingerprint density at radius 1 is 0.886 bits per heavy atom. The fourth-order valence-electron chi connectivity index (χ4n) is 4.10. The number of aliphatic carboxylic acids is 3. The minimum atomic E-state index is -0.993. The Balaban J connectivity index is 2.33. The van der Waals surface area contributed by atoms with E-state index in [9.17, 15) is 29.7 Å². The summed E-state index contributed by atoms with van der Waals surface area (Å²) in [5, 5.41) is 30.6. The number of isothiocyanates is 1. The molecule has 0 aliphatic carbocycles. The van der Waals surface area contributed by atoms with Gasteiger partial charge in [0.15, 0.2) is 0 Å². The van der Waals surface area contributed by atoms with Gasteiger partial charge >= 0.3 is 17.9 Å². The highest BCUT2D eigenvalue weighted by atomic mass is 32.1. The van der Waals surface area contributed by atoms with Crippen molar-refractivity contribution >= 4 is 41.0 Å². The van der Waals surface area contributed by atoms with Gasteiger partial charge in [-0.3, -0.25) is 29.1 Å². The van der Waals surface area contributed by atoms with Crippen LogP contribution in [0, 0.1) is 0 Å². The number of thiocarbonyl (C=S) groups is 1. The molecule has 1 fully saturated rings. The van der Waals surface area contributed by atoms with Crippen molar-refractivity contribution in [2.75, 3.05) is 72.5 Å². The van der Waals surface area contributed by atoms with E-state index in [0.717, 1.165) is 5.56 Å². The molecule has 192 valence electrons. The lowest BCUT2D eigenvalue weighted by atomic mass is 10.0. The highest BCUT2D eigenvalue weighted by Crippen LogP contribution is 2.17. The van der Waals surface area contributed by atoms with Crippen molar-refractivity contribution in [1.82, 2.24) is 19.6 Å². The van der Waals surface area contributed by atoms with Crippen molar-refractivity contribution in [1.29, 1.82) is 0 Å². The van der Waals surface area contributed by atoms with Gasteiger partial charge in [-0.05, 0) is 43.4 Å². The second-order valence-electron chi connectivity index (χ2n) is 8.69. The number of likely N-dealkylation sites (N-methyl/N-ethyl adjacent to an activating group) is 1. The van der Waals surface area contributed by atoms with Gasteiger partial charge in [-0.2, -0.15) is 4.99 Å². The summed E-state index contributed by atoms with van der Waals surface area (Å²) in [5.41, 5.74) is 1.62. The highest BCUT2D eigenvalue weighted by Gasteiger charge is 2.26. The Labute approximate surface area is 210 Å². The first-order valence-corrected chi connectivity index (χ1v) is 11.8. The summed E-state index contributed by atoms with van der Waals surface area (Å²) in [4.78, 5) is 46.0. The summed E-state index contributed by atoms with van der Waals surface area (Å²) in [6, 6.07) is 7.12. The lowest BCUT2D eigenvalue weighted by Crippen LogP contribution is -2.52. The second-order valence-corrected chi connectivity index (χ2v) is 8.88. The average molecular weight is 508 g/mol. The van der Waals surface area contributed by atoms with Crippen LogP contribution in [0.5, 0.6) is 0 Å². The van der Waals surface area contributed by atoms with Crippen molar-refractivity contribution in [3.63, 3.8) is 0 Å². The van der Waals surface area contributed by atoms with Crippen LogP contribution < -0.4 is 0 Å². The summed E-state index contributed by atoms with van der Waals surface area (Å²) >= 11 is 4.64. The summed E-state index contributed by atoms with van der Waals surface area (Å²) in [6.45, 7) is 2.74. The molecule has 0 amide bonds. The fourth-order valence-corrected chi connectivity index (χ4v) is 4.20. The number of carbonyl (C=O) groups is 3. The van der Waals surface area contributed by atoms with Crippen LogP contribution in [0.4, 0.5) is 5.69 Å². The molecular weight excluding hydrogens is 474 g/mol. The number of nitrogens with zero attached hydrogens (tertiary/aromatic N) is 5. The first-order chi connectivity index (χ1) is 16.7. The van der Waals surface area contributed by atoms with E-state index in [0.29, 0.717) is 57.9 Å². The molecule has 0 aromatic heterocycles. The van der Waals surface area contributed by atoms with E-state index >= 15 is 0 Å². The minimum Gasteiger partial charge on any atom is -0.480 e. The van der Waals surface area contributed by atoms with Gasteiger partial charge < -0.3 is 20.2 Å². The quantitative estimate of drug-likeness (QED) is 0.317. The number of rotatable bonds is 9. The predicted octanol–water partition coefficient (Wildman–Crippen LogP) is 0.437. The van der Waals surface area contributed by atoms with Crippen molar-refractivity contribution in [2.24, 2.45) is 4.99 Å². The second kappa shape index (κ2) is 14.6. The Morgan fingerprint density at radius 2 is 1.43 bits per heavy atom. The molecule has 1 aliphatic rings. The molecule has 2 rings (SSSR count). The molecule has 12 heteroatoms. The molecule has 0 saturated carbocycles. The van der Waals surface area contributed by atoms with E-state index in [4.69, 9.17) is 0 Å². The maximum absolute atomic E-state index is 11.7. The number of carboxylic acids is 3. The standard InChI is InChI=1S/C23H33N5O6S/c1-25-6-8-26(14-21(29)30)9-10-27(15-22(31)32)13-20(28(11-7-25)16-23(33)34)12-18-2-4-19(5-3-18)24-17-35/h2-5,20H,6-16H2,1H3,(H,29,30)(H,31,32)(H,33,34). The Hall–Kier alpha value is -2.73. The van der Waals surface area contributed by atoms with E-state index in [2.05, 4.69) is 27.3 Å². The summed E-state index contributed by atoms with van der Waals surface area (Å²) in [7, 11) is 1.92. The minimum absolute atomic E-state index is 0.125. The van der Waals surface area contributed by atoms with Crippen molar-refractivity contribution in [3.05, 3.63) is 29.8 Å². The highest BCUT2D eigenvalue weighted by molar-refractivity contribution is 7.78. The van der Waals surface area contributed by atoms with Crippen LogP contribution in [0.2, 0.25) is 0 Å². The van der Waals surface area contributed by atoms with E-state index in [1.54, 1.807) is 21.9 Å². The lowest BCUT2D eigenvalue weighted by molar-refractivity contribution is -0.141. The Bertz CT molecular complexity index is 908. The zero-order chi connectivity index (χ0) is 25.8. The SMILES string of the molecule is CN1CCN(CC(=O)O)CCN(CC(=O)O)CC(Cc2ccc(N=C=S)cc2)N(CC(=O)O)CC1. The number of hydrogen-bond acceptors (Lipinski definition) is 9. The molecule has 0 bridgehead atoms. The lowest BCUT2D eigenvalue weighted by Gasteiger charge is -2.37. The summed E-state index contributed by atoms with van der Waals surface area (Å²) in [5.74, 6) is -2.88. The van der Waals surface area contributed by atoms with Crippen molar-refractivity contribution in [2.45, 2.75) is 12.5 Å². The molecule has 1 saturated heterocycles. The molecule has 1 atom stereocenters. The topological polar surface area (TPSA) is 137 Å². The first kappa shape index (κ1) is 28.5. The van der Waals surface area contributed by atoms with Gasteiger partial charge in [0.25, 0.3) is 0 Å². The van der Waals surface area contributed by atoms with Crippen molar-refractivity contribution < 1.29 is 29.7 Å². The summed E-state index contributed by atoms with van der Waals surface area (Å²) in [6.07, 6.45) is 0.507. The Morgan fingerprint density at radius 3 is 2.03 bits per heavy atom. The van der Waals surface area contributed by atoms with Gasteiger partial charge in [-0.25, -0.2) is 0 Å². The van der Waals surface area contributed by atoms with Crippen LogP contribution in [0.25, 0.3) is 0 Å². The van der Waals surface area contributed by atoms with Crippen LogP contribution in [-0.2, 0) is 20.8 Å². The average Bonchev–Trinajstić information content (AvgIpc) is 2.77. The number of aliphatic imine (C=N–C) groups is 1. The van der Waals surface area contributed by atoms with Crippen LogP contribution in [-0.4, -0.2) is 137 Å². The normalized spacial score (nSPS) is 19.7. The van der Waals surface area contributed by atoms with Crippen molar-refractivity contribution in [3.8, 4) is 0 Å². The van der Waals surface area contributed by atoms with Gasteiger partial charge in [-0.15, -0.1) is 0 Å². The van der Waals surface area contributed by atoms with Crippen LogP contribution >= 0.6 is 12.2 Å². The molecule has 35 heavy (non-hydrogen) atoms. The third kappa shape index (κ3) is 11.0. The summed E-state index contributed by atoms with van der Waals surface area (Å²) < 4.78 is 0. The third-order valence-corrected chi connectivity index (χ3v) is 6.01. The van der Waals surface area contributed by atoms with Gasteiger partial charge in [0.05, 0.1) is 30.5 Å². The van der Waals surface area contributed by atoms with E-state index in [1.807, 2.05) is 24.1 Å². The monoisotopic (exact) mass is 507 g/mol. The molecule has 11 nitrogen and oxygen atoms in total. The smallest absolute Gasteiger partial charge is 0.317 e. The maximum atomic E-state index is 11.7. The molecule has 1 aromatic rings. The maximum Gasteiger partial charge on any atom is 0.317 e. The fraction of sp³-hybridized carbons (Fsp3) is 0.565. The number of benzene rings is 1. The first-order valence-electron chi connectivity index (χ1n) is 11.4. The largest absolute Gasteiger partial charge is 0.480 e. The van der Waals surface area contributed by atoms with E-state index in [1.165, 1.54) is 0 Å². The molecular formula is C23H33N5O6S. The molecule has 1 aliphatic heterocycles. The molecule has 3 N–H and O–H groups in total. The molecule has 1 unspecified atom stereocenters. The predicted molar refractivity (Wildman–Crippen MR) is 133 cm³/mol. The number of hydrogen-bond donors (Lipinski definition) is 3. The van der Waals surface area contributed by atoms with Crippen LogP contribution in [0.1, 0.15) is 5.56 Å². The van der Waals surface area contributed by atoms with Gasteiger partial charge in [0, 0.05) is 51.9 Å². The van der Waals surface area contributed by atoms with Gasteiger partial charge in [0.1, 0.15) is 0 Å². The number of carboxylic acid groups (broad SMARTS) is 3.